The Kier molecular flexibility index (Phi) is 4.65. The van der Waals surface area contributed by atoms with Crippen molar-refractivity contribution in [3.8, 4) is 0 Å². The fraction of sp³-hybridized carbons (Fsp3) is 0. The van der Waals surface area contributed by atoms with E-state index in [1.54, 1.807) is 18.2 Å². The predicted octanol–water partition coefficient (Wildman–Crippen LogP) is 4.18. The maximum atomic E-state index is 13.6. The van der Waals surface area contributed by atoms with Gasteiger partial charge in [0, 0.05) is 4.47 Å². The Balaban J connectivity index is 2.22. The number of hydrogen-bond donors (Lipinski definition) is 1. The van der Waals surface area contributed by atoms with Gasteiger partial charge in [0.1, 0.15) is 5.82 Å². The second-order valence-corrected chi connectivity index (χ2v) is 5.17. The number of hydrogen-bond acceptors (Lipinski definition) is 2. The van der Waals surface area contributed by atoms with Crippen LogP contribution in [0.5, 0.6) is 0 Å². The topological polar surface area (TPSA) is 54.4 Å². The highest BCUT2D eigenvalue weighted by Crippen LogP contribution is 2.16. The molecule has 0 aliphatic rings. The molecule has 0 aliphatic heterocycles. The summed E-state index contributed by atoms with van der Waals surface area (Å²) in [5, 5.41) is 8.88. The van der Waals surface area contributed by atoms with Gasteiger partial charge in [-0.25, -0.2) is 9.18 Å². The SMILES string of the molecule is O=C(O)c1cccc(C=CC(=O)c2ccc(Br)cc2F)c1. The van der Waals surface area contributed by atoms with Crippen molar-refractivity contribution in [3.05, 3.63) is 75.5 Å². The molecule has 5 heteroatoms. The van der Waals surface area contributed by atoms with Crippen molar-refractivity contribution in [1.29, 1.82) is 0 Å². The van der Waals surface area contributed by atoms with Crippen LogP contribution in [0, 0.1) is 5.82 Å². The van der Waals surface area contributed by atoms with E-state index in [9.17, 15) is 14.0 Å². The molecule has 2 rings (SSSR count). The van der Waals surface area contributed by atoms with Gasteiger partial charge in [0.05, 0.1) is 11.1 Å². The van der Waals surface area contributed by atoms with E-state index in [-0.39, 0.29) is 11.1 Å². The Morgan fingerprint density at radius 1 is 1.14 bits per heavy atom. The van der Waals surface area contributed by atoms with Crippen molar-refractivity contribution in [3.63, 3.8) is 0 Å². The van der Waals surface area contributed by atoms with Crippen LogP contribution in [-0.4, -0.2) is 16.9 Å². The predicted molar refractivity (Wildman–Crippen MR) is 80.9 cm³/mol. The summed E-state index contributed by atoms with van der Waals surface area (Å²) in [6.07, 6.45) is 2.67. The molecule has 0 saturated heterocycles. The Morgan fingerprint density at radius 3 is 2.57 bits per heavy atom. The van der Waals surface area contributed by atoms with Gasteiger partial charge in [-0.15, -0.1) is 0 Å². The average molecular weight is 349 g/mol. The Bertz CT molecular complexity index is 738. The van der Waals surface area contributed by atoms with Gasteiger partial charge in [-0.3, -0.25) is 4.79 Å². The van der Waals surface area contributed by atoms with E-state index in [4.69, 9.17) is 5.11 Å². The monoisotopic (exact) mass is 348 g/mol. The van der Waals surface area contributed by atoms with E-state index in [2.05, 4.69) is 15.9 Å². The first kappa shape index (κ1) is 15.1. The van der Waals surface area contributed by atoms with Crippen LogP contribution in [0.3, 0.4) is 0 Å². The van der Waals surface area contributed by atoms with Crippen LogP contribution >= 0.6 is 15.9 Å². The van der Waals surface area contributed by atoms with Crippen LogP contribution in [0.25, 0.3) is 6.08 Å². The summed E-state index contributed by atoms with van der Waals surface area (Å²) in [6, 6.07) is 10.3. The van der Waals surface area contributed by atoms with Gasteiger partial charge in [-0.1, -0.05) is 34.1 Å². The number of carbonyl (C=O) groups is 2. The molecule has 0 unspecified atom stereocenters. The number of benzene rings is 2. The first-order valence-electron chi connectivity index (χ1n) is 5.98. The lowest BCUT2D eigenvalue weighted by atomic mass is 10.1. The van der Waals surface area contributed by atoms with Crippen molar-refractivity contribution >= 4 is 33.8 Å². The second kappa shape index (κ2) is 6.45. The summed E-state index contributed by atoms with van der Waals surface area (Å²) in [5.41, 5.74) is 0.643. The summed E-state index contributed by atoms with van der Waals surface area (Å²) in [7, 11) is 0. The van der Waals surface area contributed by atoms with Gasteiger partial charge >= 0.3 is 5.97 Å². The molecule has 1 N–H and O–H groups in total. The molecule has 0 amide bonds. The fourth-order valence-electron chi connectivity index (χ4n) is 1.73. The maximum absolute atomic E-state index is 13.6. The fourth-order valence-corrected chi connectivity index (χ4v) is 2.06. The number of carboxylic acid groups (broad SMARTS) is 1. The first-order chi connectivity index (χ1) is 9.97. The van der Waals surface area contributed by atoms with Gasteiger partial charge in [0.25, 0.3) is 0 Å². The highest BCUT2D eigenvalue weighted by Gasteiger charge is 2.09. The van der Waals surface area contributed by atoms with Crippen molar-refractivity contribution in [1.82, 2.24) is 0 Å². The Hall–Kier alpha value is -2.27. The molecule has 0 aliphatic carbocycles. The lowest BCUT2D eigenvalue weighted by molar-refractivity contribution is 0.0696. The zero-order valence-corrected chi connectivity index (χ0v) is 12.3. The minimum Gasteiger partial charge on any atom is -0.478 e. The maximum Gasteiger partial charge on any atom is 0.335 e. The number of ketones is 1. The number of carbonyl (C=O) groups excluding carboxylic acids is 1. The molecule has 0 aromatic heterocycles. The lowest BCUT2D eigenvalue weighted by Gasteiger charge is -2.00. The largest absolute Gasteiger partial charge is 0.478 e. The van der Waals surface area contributed by atoms with E-state index in [0.29, 0.717) is 10.0 Å². The molecule has 0 saturated carbocycles. The quantitative estimate of drug-likeness (QED) is 0.665. The molecular formula is C16H10BrFO3. The van der Waals surface area contributed by atoms with Crippen LogP contribution in [0.15, 0.2) is 53.0 Å². The van der Waals surface area contributed by atoms with E-state index < -0.39 is 17.6 Å². The van der Waals surface area contributed by atoms with Crippen LogP contribution in [-0.2, 0) is 0 Å². The van der Waals surface area contributed by atoms with Gasteiger partial charge < -0.3 is 5.11 Å². The van der Waals surface area contributed by atoms with Gasteiger partial charge in [0.2, 0.25) is 0 Å². The average Bonchev–Trinajstić information content (AvgIpc) is 2.45. The number of halogens is 2. The van der Waals surface area contributed by atoms with Crippen LogP contribution in [0.1, 0.15) is 26.3 Å². The smallest absolute Gasteiger partial charge is 0.335 e. The number of rotatable bonds is 4. The number of allylic oxidation sites excluding steroid dienone is 1. The molecule has 0 spiro atoms. The summed E-state index contributed by atoms with van der Waals surface area (Å²) in [4.78, 5) is 22.8. The molecule has 2 aromatic rings. The third-order valence-corrected chi connectivity index (χ3v) is 3.25. The third-order valence-electron chi connectivity index (χ3n) is 2.76. The van der Waals surface area contributed by atoms with Gasteiger partial charge in [0.15, 0.2) is 5.78 Å². The molecular weight excluding hydrogens is 339 g/mol. The van der Waals surface area contributed by atoms with E-state index in [0.717, 1.165) is 0 Å². The molecule has 0 bridgehead atoms. The molecule has 21 heavy (non-hydrogen) atoms. The molecule has 3 nitrogen and oxygen atoms in total. The van der Waals surface area contributed by atoms with Crippen molar-refractivity contribution in [2.75, 3.05) is 0 Å². The summed E-state index contributed by atoms with van der Waals surface area (Å²) in [5.74, 6) is -2.14. The third kappa shape index (κ3) is 3.86. The Morgan fingerprint density at radius 2 is 1.90 bits per heavy atom. The number of aromatic carboxylic acids is 1. The van der Waals surface area contributed by atoms with Crippen molar-refractivity contribution in [2.24, 2.45) is 0 Å². The van der Waals surface area contributed by atoms with Gasteiger partial charge in [-0.05, 0) is 42.0 Å². The minimum absolute atomic E-state index is 0.0381. The molecule has 0 heterocycles. The van der Waals surface area contributed by atoms with Crippen LogP contribution in [0.2, 0.25) is 0 Å². The lowest BCUT2D eigenvalue weighted by Crippen LogP contribution is -1.98. The van der Waals surface area contributed by atoms with Gasteiger partial charge in [-0.2, -0.15) is 0 Å². The first-order valence-corrected chi connectivity index (χ1v) is 6.77. The second-order valence-electron chi connectivity index (χ2n) is 4.25. The molecule has 2 aromatic carbocycles. The summed E-state index contributed by atoms with van der Waals surface area (Å²) < 4.78 is 14.2. The standard InChI is InChI=1S/C16H10BrFO3/c17-12-5-6-13(14(18)9-12)15(19)7-4-10-2-1-3-11(8-10)16(20)21/h1-9H,(H,20,21). The minimum atomic E-state index is -1.05. The molecule has 0 fully saturated rings. The van der Waals surface area contributed by atoms with E-state index in [1.807, 2.05) is 0 Å². The zero-order valence-electron chi connectivity index (χ0n) is 10.7. The summed E-state index contributed by atoms with van der Waals surface area (Å²) >= 11 is 3.12. The molecule has 0 radical (unpaired) electrons. The van der Waals surface area contributed by atoms with E-state index in [1.165, 1.54) is 36.4 Å². The van der Waals surface area contributed by atoms with Crippen LogP contribution < -0.4 is 0 Å². The zero-order chi connectivity index (χ0) is 15.4. The van der Waals surface area contributed by atoms with Crippen LogP contribution in [0.4, 0.5) is 4.39 Å². The van der Waals surface area contributed by atoms with E-state index >= 15 is 0 Å². The van der Waals surface area contributed by atoms with Crippen molar-refractivity contribution in [2.45, 2.75) is 0 Å². The molecule has 0 atom stereocenters. The highest BCUT2D eigenvalue weighted by molar-refractivity contribution is 9.10. The normalized spacial score (nSPS) is 10.8. The number of carboxylic acids is 1. The highest BCUT2D eigenvalue weighted by atomic mass is 79.9. The Labute approximate surface area is 128 Å². The van der Waals surface area contributed by atoms with Crippen molar-refractivity contribution < 1.29 is 19.1 Å². The summed E-state index contributed by atoms with van der Waals surface area (Å²) in [6.45, 7) is 0. The molecule has 106 valence electrons.